The van der Waals surface area contributed by atoms with Crippen molar-refractivity contribution in [3.05, 3.63) is 70.7 Å². The number of amides is 1. The van der Waals surface area contributed by atoms with Gasteiger partial charge in [-0.2, -0.15) is 0 Å². The Morgan fingerprint density at radius 3 is 2.68 bits per heavy atom. The monoisotopic (exact) mass is 303 g/mol. The number of rotatable bonds is 4. The third-order valence-corrected chi connectivity index (χ3v) is 3.23. The van der Waals surface area contributed by atoms with Crippen LogP contribution in [0.15, 0.2) is 53.8 Å². The molecular weight excluding hydrogens is 288 g/mol. The minimum Gasteiger partial charge on any atom is -0.398 e. The standard InChI is InChI=1S/C16H15F2N3O/c17-10-6-4-9(5-7-10)13(19)8-14(20)15-11(16(21)22)2-1-3-12(15)18/h1-6,8,10,20H,7,19H2,(H2,21,22)/b13-8-,20-14?. The van der Waals surface area contributed by atoms with Crippen molar-refractivity contribution in [3.8, 4) is 0 Å². The number of nitrogens with one attached hydrogen (secondary N) is 1. The molecule has 1 amide bonds. The lowest BCUT2D eigenvalue weighted by atomic mass is 9.98. The highest BCUT2D eigenvalue weighted by atomic mass is 19.1. The fourth-order valence-corrected chi connectivity index (χ4v) is 2.12. The smallest absolute Gasteiger partial charge is 0.249 e. The van der Waals surface area contributed by atoms with Crippen LogP contribution in [-0.4, -0.2) is 17.8 Å². The molecule has 0 aliphatic heterocycles. The Morgan fingerprint density at radius 2 is 2.09 bits per heavy atom. The zero-order chi connectivity index (χ0) is 16.3. The Labute approximate surface area is 126 Å². The van der Waals surface area contributed by atoms with E-state index in [1.807, 2.05) is 0 Å². The molecule has 0 fully saturated rings. The molecule has 6 heteroatoms. The number of hydrogen-bond acceptors (Lipinski definition) is 3. The van der Waals surface area contributed by atoms with Crippen LogP contribution < -0.4 is 11.5 Å². The van der Waals surface area contributed by atoms with Gasteiger partial charge in [-0.05, 0) is 29.9 Å². The van der Waals surface area contributed by atoms with Gasteiger partial charge in [-0.1, -0.05) is 18.2 Å². The maximum Gasteiger partial charge on any atom is 0.249 e. The molecule has 2 rings (SSSR count). The van der Waals surface area contributed by atoms with E-state index in [0.717, 1.165) is 6.07 Å². The van der Waals surface area contributed by atoms with Crippen molar-refractivity contribution < 1.29 is 13.6 Å². The van der Waals surface area contributed by atoms with E-state index in [0.29, 0.717) is 5.57 Å². The summed E-state index contributed by atoms with van der Waals surface area (Å²) in [6.45, 7) is 0. The van der Waals surface area contributed by atoms with Crippen LogP contribution in [0.1, 0.15) is 22.3 Å². The molecule has 1 aliphatic rings. The summed E-state index contributed by atoms with van der Waals surface area (Å²) < 4.78 is 26.9. The summed E-state index contributed by atoms with van der Waals surface area (Å²) in [5.74, 6) is -1.56. The van der Waals surface area contributed by atoms with Gasteiger partial charge in [-0.3, -0.25) is 4.79 Å². The molecule has 0 bridgehead atoms. The Morgan fingerprint density at radius 1 is 1.36 bits per heavy atom. The maximum atomic E-state index is 13.9. The van der Waals surface area contributed by atoms with Crippen molar-refractivity contribution in [2.24, 2.45) is 11.5 Å². The predicted octanol–water partition coefficient (Wildman–Crippen LogP) is 2.36. The van der Waals surface area contributed by atoms with Gasteiger partial charge in [-0.15, -0.1) is 0 Å². The van der Waals surface area contributed by atoms with Crippen molar-refractivity contribution in [2.75, 3.05) is 0 Å². The molecular formula is C16H15F2N3O. The summed E-state index contributed by atoms with van der Waals surface area (Å²) in [6.07, 6.45) is 4.82. The molecule has 1 aromatic carbocycles. The molecule has 1 atom stereocenters. The molecule has 0 saturated heterocycles. The molecule has 0 spiro atoms. The predicted molar refractivity (Wildman–Crippen MR) is 80.8 cm³/mol. The third kappa shape index (κ3) is 3.28. The van der Waals surface area contributed by atoms with Gasteiger partial charge in [-0.25, -0.2) is 8.78 Å². The molecule has 5 N–H and O–H groups in total. The highest BCUT2D eigenvalue weighted by Gasteiger charge is 2.16. The van der Waals surface area contributed by atoms with E-state index in [2.05, 4.69) is 0 Å². The van der Waals surface area contributed by atoms with Crippen LogP contribution in [0, 0.1) is 11.2 Å². The molecule has 114 valence electrons. The largest absolute Gasteiger partial charge is 0.398 e. The number of alkyl halides is 1. The average molecular weight is 303 g/mol. The summed E-state index contributed by atoms with van der Waals surface area (Å²) in [7, 11) is 0. The van der Waals surface area contributed by atoms with Crippen LogP contribution in [0.5, 0.6) is 0 Å². The van der Waals surface area contributed by atoms with Crippen molar-refractivity contribution >= 4 is 11.6 Å². The van der Waals surface area contributed by atoms with E-state index >= 15 is 0 Å². The van der Waals surface area contributed by atoms with Crippen LogP contribution in [0.3, 0.4) is 0 Å². The van der Waals surface area contributed by atoms with E-state index in [9.17, 15) is 13.6 Å². The van der Waals surface area contributed by atoms with Gasteiger partial charge in [0, 0.05) is 17.7 Å². The number of hydrogen-bond donors (Lipinski definition) is 3. The molecule has 0 aromatic heterocycles. The third-order valence-electron chi connectivity index (χ3n) is 3.23. The molecule has 1 unspecified atom stereocenters. The topological polar surface area (TPSA) is 93.0 Å². The van der Waals surface area contributed by atoms with Crippen molar-refractivity contribution in [1.29, 1.82) is 5.41 Å². The summed E-state index contributed by atoms with van der Waals surface area (Å²) in [6, 6.07) is 3.81. The molecule has 0 saturated carbocycles. The van der Waals surface area contributed by atoms with Gasteiger partial charge in [0.15, 0.2) is 0 Å². The minimum absolute atomic E-state index is 0.0916. The van der Waals surface area contributed by atoms with Crippen LogP contribution >= 0.6 is 0 Å². The molecule has 1 aromatic rings. The zero-order valence-electron chi connectivity index (χ0n) is 11.6. The second kappa shape index (κ2) is 6.34. The lowest BCUT2D eigenvalue weighted by Gasteiger charge is -2.11. The highest BCUT2D eigenvalue weighted by Crippen LogP contribution is 2.19. The van der Waals surface area contributed by atoms with E-state index in [4.69, 9.17) is 16.9 Å². The maximum absolute atomic E-state index is 13.9. The van der Waals surface area contributed by atoms with Gasteiger partial charge < -0.3 is 16.9 Å². The number of benzene rings is 1. The quantitative estimate of drug-likeness (QED) is 0.745. The number of carbonyl (C=O) groups excluding carboxylic acids is 1. The summed E-state index contributed by atoms with van der Waals surface area (Å²) >= 11 is 0. The van der Waals surface area contributed by atoms with Gasteiger partial charge in [0.05, 0.1) is 11.3 Å². The SMILES string of the molecule is N=C(/C=C(\N)C1=CCC(F)C=C1)c1c(F)cccc1C(N)=O. The Kier molecular flexibility index (Phi) is 4.50. The summed E-state index contributed by atoms with van der Waals surface area (Å²) in [5, 5.41) is 7.96. The van der Waals surface area contributed by atoms with E-state index in [1.54, 1.807) is 6.08 Å². The Bertz CT molecular complexity index is 720. The fourth-order valence-electron chi connectivity index (χ4n) is 2.12. The molecule has 0 heterocycles. The average Bonchev–Trinajstić information content (AvgIpc) is 2.47. The highest BCUT2D eigenvalue weighted by molar-refractivity contribution is 6.14. The Balaban J connectivity index is 2.35. The number of carbonyl (C=O) groups is 1. The number of allylic oxidation sites excluding steroid dienone is 4. The molecule has 0 radical (unpaired) electrons. The second-order valence-corrected chi connectivity index (χ2v) is 4.81. The van der Waals surface area contributed by atoms with Gasteiger partial charge >= 0.3 is 0 Å². The molecule has 22 heavy (non-hydrogen) atoms. The number of primary amides is 1. The van der Waals surface area contributed by atoms with E-state index in [-0.39, 0.29) is 29.0 Å². The van der Waals surface area contributed by atoms with E-state index in [1.165, 1.54) is 30.4 Å². The Hall–Kier alpha value is -2.76. The van der Waals surface area contributed by atoms with Crippen molar-refractivity contribution in [3.63, 3.8) is 0 Å². The van der Waals surface area contributed by atoms with Crippen LogP contribution in [0.25, 0.3) is 0 Å². The van der Waals surface area contributed by atoms with Gasteiger partial charge in [0.25, 0.3) is 0 Å². The summed E-state index contributed by atoms with van der Waals surface area (Å²) in [5.41, 5.74) is 11.2. The fraction of sp³-hybridized carbons (Fsp3) is 0.125. The van der Waals surface area contributed by atoms with Crippen LogP contribution in [0.2, 0.25) is 0 Å². The van der Waals surface area contributed by atoms with Crippen LogP contribution in [-0.2, 0) is 0 Å². The van der Waals surface area contributed by atoms with E-state index < -0.39 is 17.9 Å². The van der Waals surface area contributed by atoms with Crippen molar-refractivity contribution in [1.82, 2.24) is 0 Å². The van der Waals surface area contributed by atoms with Gasteiger partial charge in [0.1, 0.15) is 12.0 Å². The lowest BCUT2D eigenvalue weighted by Crippen LogP contribution is -2.18. The number of nitrogens with two attached hydrogens (primary N) is 2. The van der Waals surface area contributed by atoms with Crippen molar-refractivity contribution in [2.45, 2.75) is 12.6 Å². The summed E-state index contributed by atoms with van der Waals surface area (Å²) in [4.78, 5) is 11.3. The molecule has 1 aliphatic carbocycles. The number of halogens is 2. The van der Waals surface area contributed by atoms with Gasteiger partial charge in [0.2, 0.25) is 5.91 Å². The normalized spacial score (nSPS) is 18.0. The first-order chi connectivity index (χ1) is 10.4. The minimum atomic E-state index is -1.05. The van der Waals surface area contributed by atoms with Crippen LogP contribution in [0.4, 0.5) is 8.78 Å². The molecule has 4 nitrogen and oxygen atoms in total. The zero-order valence-corrected chi connectivity index (χ0v) is 11.6. The second-order valence-electron chi connectivity index (χ2n) is 4.81. The first-order valence-electron chi connectivity index (χ1n) is 6.57. The first kappa shape index (κ1) is 15.6. The first-order valence-corrected chi connectivity index (χ1v) is 6.57. The lowest BCUT2D eigenvalue weighted by molar-refractivity contribution is 0.0999.